The van der Waals surface area contributed by atoms with Crippen LogP contribution in [0.3, 0.4) is 0 Å². The number of thiazole rings is 1. The Kier molecular flexibility index (Phi) is 19.4. The summed E-state index contributed by atoms with van der Waals surface area (Å²) in [5.41, 5.74) is 0. The van der Waals surface area contributed by atoms with E-state index in [1.165, 1.54) is 35.8 Å². The van der Waals surface area contributed by atoms with Crippen LogP contribution in [0.25, 0.3) is 0 Å². The fourth-order valence-electron chi connectivity index (χ4n) is 8.42. The van der Waals surface area contributed by atoms with Gasteiger partial charge in [-0.1, -0.05) is 68.7 Å². The number of likely N-dealkylation sites (tertiary alicyclic amines) is 1. The van der Waals surface area contributed by atoms with E-state index in [0.29, 0.717) is 19.4 Å². The van der Waals surface area contributed by atoms with Crippen molar-refractivity contribution in [2.45, 2.75) is 144 Å². The average Bonchev–Trinajstić information content (AvgIpc) is 3.87. The van der Waals surface area contributed by atoms with E-state index in [1.807, 2.05) is 72.6 Å². The lowest BCUT2D eigenvalue weighted by atomic mass is 9.93. The maximum atomic E-state index is 14.6. The molecule has 1 aromatic rings. The molecule has 326 valence electrons. The van der Waals surface area contributed by atoms with Gasteiger partial charge in [0.15, 0.2) is 0 Å². The lowest BCUT2D eigenvalue weighted by Crippen LogP contribution is -2.62. The number of rotatable bonds is 20. The van der Waals surface area contributed by atoms with Crippen molar-refractivity contribution in [2.24, 2.45) is 29.6 Å². The Balaban J connectivity index is 2.34. The number of hydrogen-bond donors (Lipinski definition) is 0. The highest BCUT2D eigenvalue weighted by atomic mass is 32.1. The predicted octanol–water partition coefficient (Wildman–Crippen LogP) is 5.42. The number of aromatic nitrogens is 1. The quantitative estimate of drug-likeness (QED) is 0.127. The van der Waals surface area contributed by atoms with Crippen molar-refractivity contribution in [2.75, 3.05) is 41.8 Å². The number of carbonyl (C=O) groups is 6. The van der Waals surface area contributed by atoms with Gasteiger partial charge in [0.1, 0.15) is 35.2 Å². The van der Waals surface area contributed by atoms with Crippen LogP contribution in [0.4, 0.5) is 0 Å². The van der Waals surface area contributed by atoms with Crippen LogP contribution >= 0.6 is 11.3 Å². The fourth-order valence-corrected chi connectivity index (χ4v) is 9.21. The molecule has 1 aliphatic rings. The fraction of sp³-hybridized carbons (Fsp3) is 0.750. The van der Waals surface area contributed by atoms with Crippen molar-refractivity contribution in [3.8, 4) is 12.3 Å². The third-order valence-corrected chi connectivity index (χ3v) is 12.7. The van der Waals surface area contributed by atoms with Gasteiger partial charge in [-0.05, 0) is 56.3 Å². The Morgan fingerprint density at radius 1 is 0.690 bits per heavy atom. The van der Waals surface area contributed by atoms with Crippen LogP contribution in [0.2, 0.25) is 0 Å². The van der Waals surface area contributed by atoms with Crippen LogP contribution in [0.1, 0.15) is 119 Å². The second-order valence-corrected chi connectivity index (χ2v) is 18.5. The van der Waals surface area contributed by atoms with Crippen molar-refractivity contribution in [3.63, 3.8) is 0 Å². The zero-order valence-corrected chi connectivity index (χ0v) is 38.8. The Morgan fingerprint density at radius 3 is 1.55 bits per heavy atom. The van der Waals surface area contributed by atoms with Gasteiger partial charge >= 0.3 is 0 Å². The standard InChI is InChI=1S/C44H73N7O6S/c1-17-18-19-20-22-31(10)39(52)46(12)32(11)40(53)47(13)34(27(2)3)41(54)48(14)35(28(4)5)42(55)49(15)36(29(6)7)43(56)50(16)37(30(8)9)44(57)51-25-21-23-33(51)38-45-24-26-58-38/h1,24,26-37H,18-23,25H2,2-16H3/t31-,32+,33+,34+,35?,36+,37?/m1/s1. The Labute approximate surface area is 353 Å². The molecule has 0 bridgehead atoms. The second-order valence-electron chi connectivity index (χ2n) is 17.6. The number of carbonyl (C=O) groups excluding carboxylic acids is 6. The molecule has 1 saturated heterocycles. The van der Waals surface area contributed by atoms with Crippen LogP contribution in [-0.4, -0.2) is 142 Å². The van der Waals surface area contributed by atoms with E-state index in [1.54, 1.807) is 48.4 Å². The Morgan fingerprint density at radius 2 is 1.14 bits per heavy atom. The first-order valence-corrected chi connectivity index (χ1v) is 21.9. The molecule has 0 N–H and O–H groups in total. The molecule has 2 rings (SSSR count). The van der Waals surface area contributed by atoms with E-state index in [2.05, 4.69) is 10.9 Å². The molecule has 7 atom stereocenters. The van der Waals surface area contributed by atoms with Crippen LogP contribution < -0.4 is 0 Å². The number of nitrogens with zero attached hydrogens (tertiary/aromatic N) is 7. The van der Waals surface area contributed by atoms with E-state index in [-0.39, 0.29) is 53.4 Å². The van der Waals surface area contributed by atoms with Crippen LogP contribution in [-0.2, 0) is 28.8 Å². The molecule has 1 fully saturated rings. The highest BCUT2D eigenvalue weighted by molar-refractivity contribution is 7.09. The normalized spacial score (nSPS) is 17.3. The van der Waals surface area contributed by atoms with Gasteiger partial charge in [0.25, 0.3) is 0 Å². The molecular weight excluding hydrogens is 755 g/mol. The Hall–Kier alpha value is -3.99. The summed E-state index contributed by atoms with van der Waals surface area (Å²) in [5.74, 6) is -0.801. The maximum absolute atomic E-state index is 14.6. The first-order valence-electron chi connectivity index (χ1n) is 21.0. The summed E-state index contributed by atoms with van der Waals surface area (Å²) in [5, 5.41) is 2.78. The second kappa shape index (κ2) is 22.4. The molecule has 0 aromatic carbocycles. The summed E-state index contributed by atoms with van der Waals surface area (Å²) in [6.07, 6.45) is 11.7. The van der Waals surface area contributed by atoms with Gasteiger partial charge in [-0.3, -0.25) is 28.8 Å². The summed E-state index contributed by atoms with van der Waals surface area (Å²) in [6, 6.07) is -4.57. The molecule has 2 heterocycles. The summed E-state index contributed by atoms with van der Waals surface area (Å²) >= 11 is 1.52. The number of hydrogen-bond acceptors (Lipinski definition) is 8. The molecule has 0 aliphatic carbocycles. The monoisotopic (exact) mass is 828 g/mol. The van der Waals surface area contributed by atoms with Crippen LogP contribution in [0, 0.1) is 41.9 Å². The minimum atomic E-state index is -0.968. The lowest BCUT2D eigenvalue weighted by Gasteiger charge is -2.42. The molecule has 0 radical (unpaired) electrons. The van der Waals surface area contributed by atoms with Gasteiger partial charge in [-0.2, -0.15) is 0 Å². The molecule has 1 aromatic heterocycles. The number of terminal acetylenes is 1. The van der Waals surface area contributed by atoms with Crippen molar-refractivity contribution in [1.82, 2.24) is 34.4 Å². The summed E-state index contributed by atoms with van der Waals surface area (Å²) in [7, 11) is 7.95. The minimum absolute atomic E-state index is 0.138. The molecule has 2 unspecified atom stereocenters. The van der Waals surface area contributed by atoms with Gasteiger partial charge < -0.3 is 29.4 Å². The van der Waals surface area contributed by atoms with Crippen LogP contribution in [0.15, 0.2) is 11.6 Å². The van der Waals surface area contributed by atoms with Gasteiger partial charge in [0.2, 0.25) is 35.4 Å². The molecule has 58 heavy (non-hydrogen) atoms. The summed E-state index contributed by atoms with van der Waals surface area (Å²) < 4.78 is 0. The zero-order valence-electron chi connectivity index (χ0n) is 38.0. The molecule has 13 nitrogen and oxygen atoms in total. The van der Waals surface area contributed by atoms with Gasteiger partial charge in [-0.15, -0.1) is 23.7 Å². The third-order valence-electron chi connectivity index (χ3n) is 11.8. The largest absolute Gasteiger partial charge is 0.334 e. The van der Waals surface area contributed by atoms with E-state index in [0.717, 1.165) is 30.7 Å². The van der Waals surface area contributed by atoms with Gasteiger partial charge in [0, 0.05) is 65.7 Å². The molecule has 1 aliphatic heterocycles. The van der Waals surface area contributed by atoms with E-state index >= 15 is 0 Å². The van der Waals surface area contributed by atoms with E-state index in [4.69, 9.17) is 6.42 Å². The van der Waals surface area contributed by atoms with Crippen molar-refractivity contribution in [3.05, 3.63) is 16.6 Å². The number of likely N-dealkylation sites (N-methyl/N-ethyl adjacent to an activating group) is 5. The molecule has 6 amide bonds. The molecule has 0 spiro atoms. The topological polar surface area (TPSA) is 135 Å². The van der Waals surface area contributed by atoms with Crippen LogP contribution in [0.5, 0.6) is 0 Å². The van der Waals surface area contributed by atoms with Gasteiger partial charge in [-0.25, -0.2) is 4.98 Å². The molecule has 0 saturated carbocycles. The summed E-state index contributed by atoms with van der Waals surface area (Å²) in [6.45, 7) is 19.0. The van der Waals surface area contributed by atoms with E-state index < -0.39 is 47.9 Å². The summed E-state index contributed by atoms with van der Waals surface area (Å²) in [4.78, 5) is 98.6. The molecular formula is C44H73N7O6S. The highest BCUT2D eigenvalue weighted by Crippen LogP contribution is 2.35. The number of amides is 6. The smallest absolute Gasteiger partial charge is 0.246 e. The zero-order chi connectivity index (χ0) is 44.3. The predicted molar refractivity (Wildman–Crippen MR) is 230 cm³/mol. The maximum Gasteiger partial charge on any atom is 0.246 e. The van der Waals surface area contributed by atoms with Gasteiger partial charge in [0.05, 0.1) is 6.04 Å². The third kappa shape index (κ3) is 11.8. The average molecular weight is 828 g/mol. The SMILES string of the molecule is C#CCCCC[C@@H](C)C(=O)N(C)[C@@H](C)C(=O)N(C)[C@H](C(=O)N(C)C(C(=O)N(C)[C@H](C(=O)N(C)C(C(=O)N1CCC[C@H]1c1nccs1)C(C)C)C(C)C)C(C)C)C(C)C. The Bertz CT molecular complexity index is 1590. The highest BCUT2D eigenvalue weighted by Gasteiger charge is 2.45. The first kappa shape index (κ1) is 50.2. The van der Waals surface area contributed by atoms with E-state index in [9.17, 15) is 28.8 Å². The van der Waals surface area contributed by atoms with Crippen molar-refractivity contribution < 1.29 is 28.8 Å². The number of unbranched alkanes of at least 4 members (excludes halogenated alkanes) is 2. The minimum Gasteiger partial charge on any atom is -0.334 e. The molecule has 14 heteroatoms. The lowest BCUT2D eigenvalue weighted by molar-refractivity contribution is -0.159. The van der Waals surface area contributed by atoms with Crippen molar-refractivity contribution >= 4 is 46.8 Å². The first-order chi connectivity index (χ1) is 27.0. The van der Waals surface area contributed by atoms with Crippen molar-refractivity contribution in [1.29, 1.82) is 0 Å².